The predicted molar refractivity (Wildman–Crippen MR) is 157 cm³/mol. The lowest BCUT2D eigenvalue weighted by Crippen LogP contribution is -2.41. The lowest BCUT2D eigenvalue weighted by Gasteiger charge is -2.30. The predicted octanol–water partition coefficient (Wildman–Crippen LogP) is 5.10. The van der Waals surface area contributed by atoms with E-state index in [1.54, 1.807) is 14.2 Å². The Balaban J connectivity index is 1.45. The molecule has 5 rings (SSSR count). The summed E-state index contributed by atoms with van der Waals surface area (Å²) < 4.78 is 21.7. The summed E-state index contributed by atoms with van der Waals surface area (Å²) in [6, 6.07) is 20.3. The van der Waals surface area contributed by atoms with Crippen molar-refractivity contribution in [2.24, 2.45) is 5.92 Å². The summed E-state index contributed by atoms with van der Waals surface area (Å²) in [5.74, 6) is 0.620. The number of unbranched alkanes of at least 4 members (excludes halogenated alkanes) is 1. The first-order valence-electron chi connectivity index (χ1n) is 14.3. The van der Waals surface area contributed by atoms with Crippen LogP contribution in [0.3, 0.4) is 0 Å². The van der Waals surface area contributed by atoms with Crippen molar-refractivity contribution >= 4 is 11.9 Å². The van der Waals surface area contributed by atoms with Crippen LogP contribution in [0.5, 0.6) is 23.0 Å². The van der Waals surface area contributed by atoms with Crippen LogP contribution in [0.1, 0.15) is 48.4 Å². The van der Waals surface area contributed by atoms with Crippen LogP contribution in [-0.2, 0) is 16.1 Å². The van der Waals surface area contributed by atoms with Gasteiger partial charge in [0.1, 0.15) is 11.5 Å². The third-order valence-electron chi connectivity index (χ3n) is 8.17. The molecular weight excluding hydrogens is 536 g/mol. The molecule has 9 nitrogen and oxygen atoms in total. The molecule has 42 heavy (non-hydrogen) atoms. The smallest absolute Gasteiger partial charge is 0.309 e. The summed E-state index contributed by atoms with van der Waals surface area (Å²) in [6.07, 6.45) is 1.83. The van der Waals surface area contributed by atoms with Crippen LogP contribution >= 0.6 is 0 Å². The van der Waals surface area contributed by atoms with E-state index >= 15 is 0 Å². The number of rotatable bonds is 12. The average Bonchev–Trinajstić information content (AvgIpc) is 3.64. The molecule has 2 aliphatic heterocycles. The Hall–Kier alpha value is -4.24. The van der Waals surface area contributed by atoms with Gasteiger partial charge in [-0.15, -0.1) is 0 Å². The van der Waals surface area contributed by atoms with Gasteiger partial charge in [-0.3, -0.25) is 14.5 Å². The molecule has 3 atom stereocenters. The number of benzene rings is 3. The highest BCUT2D eigenvalue weighted by molar-refractivity contribution is 5.79. The van der Waals surface area contributed by atoms with E-state index in [9.17, 15) is 14.7 Å². The molecule has 1 amide bonds. The zero-order valence-corrected chi connectivity index (χ0v) is 24.3. The van der Waals surface area contributed by atoms with Gasteiger partial charge in [0.25, 0.3) is 0 Å². The first-order valence-corrected chi connectivity index (χ1v) is 14.3. The fourth-order valence-electron chi connectivity index (χ4n) is 5.94. The van der Waals surface area contributed by atoms with E-state index in [1.807, 2.05) is 76.5 Å². The topological polar surface area (TPSA) is 97.8 Å². The number of carboxylic acid groups (broad SMARTS) is 1. The van der Waals surface area contributed by atoms with Crippen molar-refractivity contribution in [3.05, 3.63) is 83.4 Å². The molecule has 0 spiro atoms. The second-order valence-corrected chi connectivity index (χ2v) is 10.7. The number of methoxy groups -OCH3 is 2. The molecule has 9 heteroatoms. The molecule has 3 aromatic rings. The van der Waals surface area contributed by atoms with E-state index in [1.165, 1.54) is 0 Å². The minimum Gasteiger partial charge on any atom is -0.497 e. The second-order valence-electron chi connectivity index (χ2n) is 10.7. The Bertz CT molecular complexity index is 1380. The summed E-state index contributed by atoms with van der Waals surface area (Å²) in [5, 5.41) is 10.6. The highest BCUT2D eigenvalue weighted by atomic mass is 16.7. The van der Waals surface area contributed by atoms with Crippen LogP contribution in [0, 0.1) is 5.92 Å². The molecule has 0 saturated carbocycles. The standard InChI is InChI=1S/C33H38N2O7/c1-4-5-16-34(18-22-6-11-25(39-2)12-7-22)30(36)20-35-19-27(24-10-15-28-29(17-24)42-21-41-28)31(33(37)38)32(35)23-8-13-26(40-3)14-9-23/h6-15,17,27,31-32H,4-5,16,18-21H2,1-3H3,(H,37,38). The number of hydrogen-bond donors (Lipinski definition) is 1. The summed E-state index contributed by atoms with van der Waals surface area (Å²) in [6.45, 7) is 3.84. The number of ether oxygens (including phenoxy) is 4. The fourth-order valence-corrected chi connectivity index (χ4v) is 5.94. The molecule has 2 aliphatic rings. The van der Waals surface area contributed by atoms with Crippen molar-refractivity contribution in [3.8, 4) is 23.0 Å². The molecule has 1 fully saturated rings. The Kier molecular flexibility index (Phi) is 9.17. The Morgan fingerprint density at radius 2 is 1.57 bits per heavy atom. The molecule has 2 heterocycles. The van der Waals surface area contributed by atoms with Gasteiger partial charge in [0.15, 0.2) is 11.5 Å². The zero-order valence-electron chi connectivity index (χ0n) is 24.3. The zero-order chi connectivity index (χ0) is 29.6. The molecule has 0 aromatic heterocycles. The monoisotopic (exact) mass is 574 g/mol. The maximum Gasteiger partial charge on any atom is 0.309 e. The van der Waals surface area contributed by atoms with Crippen LogP contribution in [0.15, 0.2) is 66.7 Å². The summed E-state index contributed by atoms with van der Waals surface area (Å²) in [5.41, 5.74) is 2.69. The van der Waals surface area contributed by atoms with Crippen LogP contribution in [0.2, 0.25) is 0 Å². The van der Waals surface area contributed by atoms with Crippen LogP contribution < -0.4 is 18.9 Å². The van der Waals surface area contributed by atoms with E-state index in [2.05, 4.69) is 6.92 Å². The first kappa shape index (κ1) is 29.3. The van der Waals surface area contributed by atoms with Crippen molar-refractivity contribution in [1.82, 2.24) is 9.80 Å². The molecule has 1 N–H and O–H groups in total. The van der Waals surface area contributed by atoms with E-state index in [0.29, 0.717) is 36.9 Å². The van der Waals surface area contributed by atoms with Crippen molar-refractivity contribution in [2.75, 3.05) is 40.6 Å². The molecular formula is C33H38N2O7. The number of fused-ring (bicyclic) bond motifs is 1. The number of hydrogen-bond acceptors (Lipinski definition) is 7. The van der Waals surface area contributed by atoms with Gasteiger partial charge in [-0.2, -0.15) is 0 Å². The Morgan fingerprint density at radius 1 is 0.929 bits per heavy atom. The quantitative estimate of drug-likeness (QED) is 0.319. The highest BCUT2D eigenvalue weighted by Crippen LogP contribution is 2.47. The maximum absolute atomic E-state index is 13.9. The van der Waals surface area contributed by atoms with Crippen molar-refractivity contribution in [3.63, 3.8) is 0 Å². The molecule has 222 valence electrons. The van der Waals surface area contributed by atoms with Gasteiger partial charge in [0.05, 0.1) is 26.7 Å². The third-order valence-corrected chi connectivity index (χ3v) is 8.17. The summed E-state index contributed by atoms with van der Waals surface area (Å²) >= 11 is 0. The van der Waals surface area contributed by atoms with Gasteiger partial charge in [-0.1, -0.05) is 43.7 Å². The maximum atomic E-state index is 13.9. The fraction of sp³-hybridized carbons (Fsp3) is 0.394. The van der Waals surface area contributed by atoms with E-state index < -0.39 is 17.9 Å². The van der Waals surface area contributed by atoms with Gasteiger partial charge in [-0.25, -0.2) is 0 Å². The van der Waals surface area contributed by atoms with Crippen molar-refractivity contribution in [2.45, 2.75) is 38.3 Å². The van der Waals surface area contributed by atoms with Crippen LogP contribution in [0.25, 0.3) is 0 Å². The third kappa shape index (κ3) is 6.31. The minimum atomic E-state index is -0.908. The molecule has 3 aromatic carbocycles. The number of carbonyl (C=O) groups excluding carboxylic acids is 1. The summed E-state index contributed by atoms with van der Waals surface area (Å²) in [7, 11) is 3.22. The SMILES string of the molecule is CCCCN(Cc1ccc(OC)cc1)C(=O)CN1CC(c2ccc3c(c2)OCO3)C(C(=O)O)C1c1ccc(OC)cc1. The normalized spacial score (nSPS) is 19.5. The van der Waals surface area contributed by atoms with Gasteiger partial charge >= 0.3 is 5.97 Å². The number of carbonyl (C=O) groups is 2. The molecule has 0 radical (unpaired) electrons. The lowest BCUT2D eigenvalue weighted by molar-refractivity contribution is -0.144. The largest absolute Gasteiger partial charge is 0.497 e. The lowest BCUT2D eigenvalue weighted by atomic mass is 9.82. The molecule has 0 bridgehead atoms. The first-order chi connectivity index (χ1) is 20.4. The van der Waals surface area contributed by atoms with Crippen LogP contribution in [-0.4, -0.2) is 67.4 Å². The van der Waals surface area contributed by atoms with Crippen molar-refractivity contribution in [1.29, 1.82) is 0 Å². The van der Waals surface area contributed by atoms with Crippen molar-refractivity contribution < 1.29 is 33.6 Å². The van der Waals surface area contributed by atoms with Gasteiger partial charge in [-0.05, 0) is 59.5 Å². The van der Waals surface area contributed by atoms with Gasteiger partial charge in [0, 0.05) is 31.6 Å². The van der Waals surface area contributed by atoms with Gasteiger partial charge < -0.3 is 29.0 Å². The summed E-state index contributed by atoms with van der Waals surface area (Å²) in [4.78, 5) is 30.7. The number of nitrogens with zero attached hydrogens (tertiary/aromatic N) is 2. The average molecular weight is 575 g/mol. The second kappa shape index (κ2) is 13.2. The molecule has 3 unspecified atom stereocenters. The van der Waals surface area contributed by atoms with E-state index in [-0.39, 0.29) is 25.2 Å². The van der Waals surface area contributed by atoms with E-state index in [0.717, 1.165) is 35.3 Å². The molecule has 0 aliphatic carbocycles. The number of carboxylic acids is 1. The van der Waals surface area contributed by atoms with E-state index in [4.69, 9.17) is 18.9 Å². The highest BCUT2D eigenvalue weighted by Gasteiger charge is 2.48. The van der Waals surface area contributed by atoms with Gasteiger partial charge in [0.2, 0.25) is 12.7 Å². The van der Waals surface area contributed by atoms with Crippen LogP contribution in [0.4, 0.5) is 0 Å². The minimum absolute atomic E-state index is 0.0340. The Morgan fingerprint density at radius 3 is 2.21 bits per heavy atom. The number of amides is 1. The molecule has 1 saturated heterocycles. The number of likely N-dealkylation sites (tertiary alicyclic amines) is 1. The number of aliphatic carboxylic acids is 1. The Labute approximate surface area is 246 Å².